The minimum atomic E-state index is -0.350. The van der Waals surface area contributed by atoms with Crippen LogP contribution in [0.5, 0.6) is 0 Å². The van der Waals surface area contributed by atoms with E-state index in [1.54, 1.807) is 17.0 Å². The molecule has 0 bridgehead atoms. The Hall–Kier alpha value is -1.66. The largest absolute Gasteiger partial charge is 0.399 e. The van der Waals surface area contributed by atoms with E-state index in [0.717, 1.165) is 10.0 Å². The summed E-state index contributed by atoms with van der Waals surface area (Å²) in [6.45, 7) is 4.25. The molecule has 1 aromatic rings. The molecular weight excluding hydrogens is 298 g/mol. The standard InChI is InChI=1S/C12H12BrN3O2/c1-6(11(15)17)4-16-5-9-8(12(16)18)2-7(14)3-10(9)13/h2-3H,1,4-5,14H2,(H2,15,17)/p+1. The van der Waals surface area contributed by atoms with Crippen molar-refractivity contribution in [2.75, 3.05) is 12.3 Å². The zero-order valence-electron chi connectivity index (χ0n) is 9.70. The fourth-order valence-electron chi connectivity index (χ4n) is 1.89. The first kappa shape index (κ1) is 12.8. The maximum atomic E-state index is 12.1. The maximum absolute atomic E-state index is 12.1. The molecule has 1 heterocycles. The fraction of sp³-hybridized carbons (Fsp3) is 0.167. The Labute approximate surface area is 113 Å². The summed E-state index contributed by atoms with van der Waals surface area (Å²) in [7, 11) is 0. The van der Waals surface area contributed by atoms with Gasteiger partial charge in [-0.05, 0) is 17.7 Å². The quantitative estimate of drug-likeness (QED) is 0.622. The van der Waals surface area contributed by atoms with Gasteiger partial charge in [0.1, 0.15) is 0 Å². The maximum Gasteiger partial charge on any atom is 0.338 e. The van der Waals surface area contributed by atoms with Gasteiger partial charge in [0.15, 0.2) is 0 Å². The van der Waals surface area contributed by atoms with E-state index in [1.807, 2.05) is 0 Å². The normalized spacial score (nSPS) is 13.7. The second-order valence-corrected chi connectivity index (χ2v) is 5.07. The van der Waals surface area contributed by atoms with Gasteiger partial charge >= 0.3 is 5.91 Å². The lowest BCUT2D eigenvalue weighted by molar-refractivity contribution is -0.299. The molecule has 0 radical (unpaired) electrons. The number of fused-ring (bicyclic) bond motifs is 1. The SMILES string of the molecule is C=C(CN1Cc2c(Br)cc(N)cc2C1=O)C([NH3+])=O. The number of quaternary nitrogens is 1. The molecule has 94 valence electrons. The Morgan fingerprint density at radius 1 is 1.56 bits per heavy atom. The second-order valence-electron chi connectivity index (χ2n) is 4.22. The molecule has 0 atom stereocenters. The van der Waals surface area contributed by atoms with Crippen molar-refractivity contribution >= 4 is 33.4 Å². The molecule has 2 rings (SSSR count). The van der Waals surface area contributed by atoms with Crippen LogP contribution < -0.4 is 11.5 Å². The second kappa shape index (κ2) is 4.55. The highest BCUT2D eigenvalue weighted by Gasteiger charge is 2.30. The molecule has 0 saturated heterocycles. The number of amides is 2. The molecular formula is C12H13BrN3O2+. The molecule has 1 aromatic carbocycles. The number of nitrogen functional groups attached to an aromatic ring is 1. The van der Waals surface area contributed by atoms with Crippen molar-refractivity contribution in [2.45, 2.75) is 6.54 Å². The van der Waals surface area contributed by atoms with Crippen molar-refractivity contribution in [3.05, 3.63) is 39.9 Å². The lowest BCUT2D eigenvalue weighted by Gasteiger charge is -2.14. The molecule has 6 heteroatoms. The molecule has 1 aliphatic heterocycles. The average Bonchev–Trinajstić information content (AvgIpc) is 2.57. The summed E-state index contributed by atoms with van der Waals surface area (Å²) < 4.78 is 0.805. The van der Waals surface area contributed by atoms with Gasteiger partial charge in [-0.25, -0.2) is 4.79 Å². The predicted octanol–water partition coefficient (Wildman–Crippen LogP) is 0.312. The number of hydrogen-bond acceptors (Lipinski definition) is 3. The third-order valence-corrected chi connectivity index (χ3v) is 3.57. The van der Waals surface area contributed by atoms with E-state index in [0.29, 0.717) is 23.4 Å². The number of hydrogen-bond donors (Lipinski definition) is 2. The Morgan fingerprint density at radius 3 is 2.83 bits per heavy atom. The van der Waals surface area contributed by atoms with Gasteiger partial charge < -0.3 is 10.6 Å². The Kier molecular flexibility index (Phi) is 3.23. The monoisotopic (exact) mass is 310 g/mol. The van der Waals surface area contributed by atoms with Crippen LogP contribution in [0, 0.1) is 0 Å². The van der Waals surface area contributed by atoms with Gasteiger partial charge in [0.05, 0.1) is 12.1 Å². The summed E-state index contributed by atoms with van der Waals surface area (Å²) >= 11 is 3.39. The van der Waals surface area contributed by atoms with E-state index in [1.165, 1.54) is 0 Å². The number of anilines is 1. The van der Waals surface area contributed by atoms with Gasteiger partial charge in [0, 0.05) is 22.3 Å². The molecule has 0 fully saturated rings. The first-order valence-electron chi connectivity index (χ1n) is 5.31. The third-order valence-electron chi connectivity index (χ3n) is 2.86. The summed E-state index contributed by atoms with van der Waals surface area (Å²) in [6, 6.07) is 3.41. The first-order valence-corrected chi connectivity index (χ1v) is 6.10. The van der Waals surface area contributed by atoms with Crippen molar-refractivity contribution in [1.29, 1.82) is 0 Å². The van der Waals surface area contributed by atoms with Gasteiger partial charge in [0.2, 0.25) is 0 Å². The molecule has 1 aliphatic rings. The number of carbonyl (C=O) groups is 2. The van der Waals surface area contributed by atoms with Gasteiger partial charge in [-0.1, -0.05) is 22.5 Å². The fourth-order valence-corrected chi connectivity index (χ4v) is 2.49. The van der Waals surface area contributed by atoms with Gasteiger partial charge in [-0.3, -0.25) is 10.5 Å². The number of halogens is 1. The van der Waals surface area contributed by atoms with Crippen LogP contribution in [-0.4, -0.2) is 23.3 Å². The number of nitrogens with zero attached hydrogens (tertiary/aromatic N) is 1. The average molecular weight is 311 g/mol. The summed E-state index contributed by atoms with van der Waals surface area (Å²) in [4.78, 5) is 24.7. The van der Waals surface area contributed by atoms with Crippen LogP contribution in [0.3, 0.4) is 0 Å². The molecule has 0 saturated carbocycles. The van der Waals surface area contributed by atoms with E-state index in [4.69, 9.17) is 5.73 Å². The van der Waals surface area contributed by atoms with Gasteiger partial charge in [-0.2, -0.15) is 0 Å². The number of carbonyl (C=O) groups excluding carboxylic acids is 2. The van der Waals surface area contributed by atoms with Crippen LogP contribution in [-0.2, 0) is 11.3 Å². The lowest BCUT2D eigenvalue weighted by atomic mass is 10.1. The summed E-state index contributed by atoms with van der Waals surface area (Å²) in [5, 5.41) is 0. The summed E-state index contributed by atoms with van der Waals surface area (Å²) in [5.74, 6) is -0.488. The van der Waals surface area contributed by atoms with Crippen LogP contribution >= 0.6 is 15.9 Å². The van der Waals surface area contributed by atoms with Gasteiger partial charge in [0.25, 0.3) is 5.91 Å². The zero-order valence-corrected chi connectivity index (χ0v) is 11.3. The highest BCUT2D eigenvalue weighted by Crippen LogP contribution is 2.31. The minimum Gasteiger partial charge on any atom is -0.399 e. The number of benzene rings is 1. The zero-order chi connectivity index (χ0) is 13.4. The molecule has 0 aliphatic carbocycles. The highest BCUT2D eigenvalue weighted by molar-refractivity contribution is 9.10. The lowest BCUT2D eigenvalue weighted by Crippen LogP contribution is -2.58. The van der Waals surface area contributed by atoms with Gasteiger partial charge in [-0.15, -0.1) is 0 Å². The highest BCUT2D eigenvalue weighted by atomic mass is 79.9. The number of nitrogens with two attached hydrogens (primary N) is 1. The smallest absolute Gasteiger partial charge is 0.338 e. The molecule has 0 spiro atoms. The van der Waals surface area contributed by atoms with Crippen molar-refractivity contribution in [1.82, 2.24) is 4.90 Å². The molecule has 18 heavy (non-hydrogen) atoms. The Morgan fingerprint density at radius 2 is 2.22 bits per heavy atom. The number of rotatable bonds is 3. The van der Waals surface area contributed by atoms with Crippen LogP contribution in [0.25, 0.3) is 0 Å². The molecule has 5 nitrogen and oxygen atoms in total. The third kappa shape index (κ3) is 2.16. The topological polar surface area (TPSA) is 91.0 Å². The van der Waals surface area contributed by atoms with Crippen LogP contribution in [0.2, 0.25) is 0 Å². The van der Waals surface area contributed by atoms with Crippen molar-refractivity contribution in [3.63, 3.8) is 0 Å². The molecule has 0 aromatic heterocycles. The molecule has 0 unspecified atom stereocenters. The van der Waals surface area contributed by atoms with E-state index >= 15 is 0 Å². The van der Waals surface area contributed by atoms with Crippen LogP contribution in [0.15, 0.2) is 28.8 Å². The van der Waals surface area contributed by atoms with Crippen molar-refractivity contribution < 1.29 is 15.3 Å². The summed E-state index contributed by atoms with van der Waals surface area (Å²) in [5.41, 5.74) is 11.3. The van der Waals surface area contributed by atoms with Crippen LogP contribution in [0.1, 0.15) is 15.9 Å². The minimum absolute atomic E-state index is 0.139. The first-order chi connectivity index (χ1) is 8.40. The molecule has 5 N–H and O–H groups in total. The van der Waals surface area contributed by atoms with Crippen LogP contribution in [0.4, 0.5) is 5.69 Å². The van der Waals surface area contributed by atoms with Crippen molar-refractivity contribution in [3.8, 4) is 0 Å². The predicted molar refractivity (Wildman–Crippen MR) is 70.3 cm³/mol. The van der Waals surface area contributed by atoms with Crippen molar-refractivity contribution in [2.24, 2.45) is 0 Å². The van der Waals surface area contributed by atoms with E-state index < -0.39 is 0 Å². The van der Waals surface area contributed by atoms with E-state index in [9.17, 15) is 9.59 Å². The molecule has 2 amide bonds. The summed E-state index contributed by atoms with van der Waals surface area (Å²) in [6.07, 6.45) is 0. The van der Waals surface area contributed by atoms with E-state index in [-0.39, 0.29) is 18.4 Å². The van der Waals surface area contributed by atoms with E-state index in [2.05, 4.69) is 28.2 Å². The Bertz CT molecular complexity index is 569. The Balaban J connectivity index is 2.28.